The van der Waals surface area contributed by atoms with Gasteiger partial charge in [-0.25, -0.2) is 0 Å². The van der Waals surface area contributed by atoms with Gasteiger partial charge >= 0.3 is 5.97 Å². The summed E-state index contributed by atoms with van der Waals surface area (Å²) in [6.45, 7) is 3.03. The Kier molecular flexibility index (Phi) is 3.53. The number of halogens is 1. The molecule has 0 spiro atoms. The van der Waals surface area contributed by atoms with Gasteiger partial charge in [-0.1, -0.05) is 0 Å². The Morgan fingerprint density at radius 2 is 2.31 bits per heavy atom. The van der Waals surface area contributed by atoms with Crippen LogP contribution in [0.4, 0.5) is 0 Å². The molecule has 1 aliphatic heterocycles. The summed E-state index contributed by atoms with van der Waals surface area (Å²) in [5, 5.41) is 8.77. The Morgan fingerprint density at radius 3 is 2.77 bits per heavy atom. The number of aliphatic hydroxyl groups excluding tert-OH is 1. The number of alkyl halides is 1. The van der Waals surface area contributed by atoms with E-state index in [0.717, 1.165) is 0 Å². The lowest BCUT2D eigenvalue weighted by Crippen LogP contribution is -2.46. The minimum absolute atomic E-state index is 0.282. The van der Waals surface area contributed by atoms with Crippen LogP contribution in [0.15, 0.2) is 0 Å². The van der Waals surface area contributed by atoms with Crippen molar-refractivity contribution in [1.29, 1.82) is 0 Å². The Hall–Kier alpha value is -0.320. The van der Waals surface area contributed by atoms with Gasteiger partial charge in [0.05, 0.1) is 11.5 Å². The highest BCUT2D eigenvalue weighted by molar-refractivity contribution is 6.21. The highest BCUT2D eigenvalue weighted by Crippen LogP contribution is 2.25. The summed E-state index contributed by atoms with van der Waals surface area (Å²) in [5.41, 5.74) is 0. The van der Waals surface area contributed by atoms with Gasteiger partial charge in [-0.15, -0.1) is 11.6 Å². The number of aliphatic hydroxyl groups is 1. The fourth-order valence-corrected chi connectivity index (χ4v) is 1.77. The molecular formula is C8H13ClO4. The molecule has 1 fully saturated rings. The molecule has 1 saturated heterocycles. The van der Waals surface area contributed by atoms with Gasteiger partial charge in [-0.05, 0) is 6.92 Å². The molecule has 0 aromatic rings. The van der Waals surface area contributed by atoms with Crippen LogP contribution in [0.3, 0.4) is 0 Å². The first kappa shape index (κ1) is 10.8. The van der Waals surface area contributed by atoms with Gasteiger partial charge in [0.1, 0.15) is 6.10 Å². The molecule has 0 aromatic heterocycles. The zero-order valence-corrected chi connectivity index (χ0v) is 8.32. The molecule has 1 heterocycles. The maximum atomic E-state index is 10.7. The van der Waals surface area contributed by atoms with Crippen LogP contribution in [-0.2, 0) is 14.3 Å². The van der Waals surface area contributed by atoms with E-state index in [1.165, 1.54) is 6.92 Å². The number of carbonyl (C=O) groups excluding carboxylic acids is 1. The Morgan fingerprint density at radius 1 is 1.69 bits per heavy atom. The van der Waals surface area contributed by atoms with Crippen molar-refractivity contribution in [1.82, 2.24) is 0 Å². The summed E-state index contributed by atoms with van der Waals surface area (Å²) in [6.07, 6.45) is -1.41. The third kappa shape index (κ3) is 2.83. The number of hydrogen-bond donors (Lipinski definition) is 1. The van der Waals surface area contributed by atoms with Gasteiger partial charge in [-0.3, -0.25) is 4.79 Å². The maximum absolute atomic E-state index is 10.7. The first-order valence-electron chi connectivity index (χ1n) is 4.15. The van der Waals surface area contributed by atoms with Crippen molar-refractivity contribution < 1.29 is 19.4 Å². The van der Waals surface area contributed by atoms with Gasteiger partial charge in [0.15, 0.2) is 6.29 Å². The average molecular weight is 209 g/mol. The van der Waals surface area contributed by atoms with Crippen molar-refractivity contribution in [3.05, 3.63) is 0 Å². The Bertz CT molecular complexity index is 185. The molecule has 0 bridgehead atoms. The average Bonchev–Trinajstić information content (AvgIpc) is 1.96. The second-order valence-electron chi connectivity index (χ2n) is 3.12. The topological polar surface area (TPSA) is 55.8 Å². The summed E-state index contributed by atoms with van der Waals surface area (Å²) in [4.78, 5) is 10.7. The van der Waals surface area contributed by atoms with E-state index >= 15 is 0 Å². The van der Waals surface area contributed by atoms with E-state index in [0.29, 0.717) is 0 Å². The molecule has 4 atom stereocenters. The van der Waals surface area contributed by atoms with E-state index in [-0.39, 0.29) is 23.9 Å². The summed E-state index contributed by atoms with van der Waals surface area (Å²) in [5.74, 6) is -0.387. The van der Waals surface area contributed by atoms with Crippen molar-refractivity contribution in [3.63, 3.8) is 0 Å². The van der Waals surface area contributed by atoms with Crippen LogP contribution in [0, 0.1) is 0 Å². The molecule has 1 rings (SSSR count). The number of carbonyl (C=O) groups is 1. The maximum Gasteiger partial charge on any atom is 0.303 e. The second-order valence-corrected chi connectivity index (χ2v) is 3.68. The van der Waals surface area contributed by atoms with Crippen molar-refractivity contribution in [2.24, 2.45) is 0 Å². The van der Waals surface area contributed by atoms with Gasteiger partial charge in [0.2, 0.25) is 0 Å². The predicted molar refractivity (Wildman–Crippen MR) is 46.4 cm³/mol. The lowest BCUT2D eigenvalue weighted by Gasteiger charge is -2.34. The SMILES string of the molecule is CC(=O)O[C@H]1[C@H](Cl)C[C@@H](O)O[C@@H]1C. The lowest BCUT2D eigenvalue weighted by atomic mass is 10.1. The zero-order chi connectivity index (χ0) is 10.0. The zero-order valence-electron chi connectivity index (χ0n) is 7.57. The Labute approximate surface area is 81.8 Å². The first-order valence-corrected chi connectivity index (χ1v) is 4.59. The lowest BCUT2D eigenvalue weighted by molar-refractivity contribution is -0.203. The van der Waals surface area contributed by atoms with E-state index in [1.54, 1.807) is 6.92 Å². The fourth-order valence-electron chi connectivity index (χ4n) is 1.36. The van der Waals surface area contributed by atoms with Crippen molar-refractivity contribution in [2.45, 2.75) is 44.1 Å². The molecular weight excluding hydrogens is 196 g/mol. The molecule has 76 valence electrons. The van der Waals surface area contributed by atoms with Crippen LogP contribution in [-0.4, -0.2) is 35.0 Å². The molecule has 1 aliphatic rings. The molecule has 1 N–H and O–H groups in total. The minimum atomic E-state index is -0.857. The summed E-state index contributed by atoms with van der Waals surface area (Å²) >= 11 is 5.90. The standard InChI is InChI=1S/C8H13ClO4/c1-4-8(13-5(2)10)6(9)3-7(11)12-4/h4,6-8,11H,3H2,1-2H3/t4-,6-,7+,8-/m1/s1. The quantitative estimate of drug-likeness (QED) is 0.508. The van der Waals surface area contributed by atoms with Gasteiger partial charge < -0.3 is 14.6 Å². The number of hydrogen-bond acceptors (Lipinski definition) is 4. The summed E-state index contributed by atoms with van der Waals surface area (Å²) in [6, 6.07) is 0. The van der Waals surface area contributed by atoms with Crippen LogP contribution >= 0.6 is 11.6 Å². The monoisotopic (exact) mass is 208 g/mol. The molecule has 0 aliphatic carbocycles. The van der Waals surface area contributed by atoms with Crippen LogP contribution in [0.25, 0.3) is 0 Å². The Balaban J connectivity index is 2.56. The van der Waals surface area contributed by atoms with Gasteiger partial charge in [0, 0.05) is 13.3 Å². The minimum Gasteiger partial charge on any atom is -0.458 e. The predicted octanol–water partition coefficient (Wildman–Crippen LogP) is 0.653. The first-order chi connectivity index (χ1) is 6.00. The summed E-state index contributed by atoms with van der Waals surface area (Å²) < 4.78 is 10.0. The van der Waals surface area contributed by atoms with Crippen LogP contribution in [0.5, 0.6) is 0 Å². The third-order valence-corrected chi connectivity index (χ3v) is 2.35. The van der Waals surface area contributed by atoms with Gasteiger partial charge in [0.25, 0.3) is 0 Å². The molecule has 0 saturated carbocycles. The highest BCUT2D eigenvalue weighted by atomic mass is 35.5. The third-order valence-electron chi connectivity index (χ3n) is 1.92. The second kappa shape index (κ2) is 4.26. The molecule has 0 amide bonds. The molecule has 5 heteroatoms. The number of ether oxygens (including phenoxy) is 2. The molecule has 0 unspecified atom stereocenters. The number of rotatable bonds is 1. The van der Waals surface area contributed by atoms with Gasteiger partial charge in [-0.2, -0.15) is 0 Å². The van der Waals surface area contributed by atoms with E-state index in [4.69, 9.17) is 26.2 Å². The molecule has 13 heavy (non-hydrogen) atoms. The van der Waals surface area contributed by atoms with Crippen molar-refractivity contribution >= 4 is 17.6 Å². The smallest absolute Gasteiger partial charge is 0.303 e. The summed E-state index contributed by atoms with van der Waals surface area (Å²) in [7, 11) is 0. The fraction of sp³-hybridized carbons (Fsp3) is 0.875. The highest BCUT2D eigenvalue weighted by Gasteiger charge is 2.36. The van der Waals surface area contributed by atoms with Crippen molar-refractivity contribution in [2.75, 3.05) is 0 Å². The normalized spacial score (nSPS) is 40.0. The van der Waals surface area contributed by atoms with Crippen molar-refractivity contribution in [3.8, 4) is 0 Å². The van der Waals surface area contributed by atoms with E-state index < -0.39 is 12.4 Å². The molecule has 4 nitrogen and oxygen atoms in total. The largest absolute Gasteiger partial charge is 0.458 e. The van der Waals surface area contributed by atoms with Crippen LogP contribution in [0.2, 0.25) is 0 Å². The van der Waals surface area contributed by atoms with Crippen LogP contribution < -0.4 is 0 Å². The van der Waals surface area contributed by atoms with E-state index in [1.807, 2.05) is 0 Å². The molecule has 0 aromatic carbocycles. The van der Waals surface area contributed by atoms with Crippen LogP contribution in [0.1, 0.15) is 20.3 Å². The van der Waals surface area contributed by atoms with E-state index in [2.05, 4.69) is 0 Å². The van der Waals surface area contributed by atoms with E-state index in [9.17, 15) is 4.79 Å². The molecule has 0 radical (unpaired) electrons. The number of esters is 1.